The van der Waals surface area contributed by atoms with Crippen LogP contribution in [0.15, 0.2) is 24.3 Å². The Labute approximate surface area is 172 Å². The number of quaternary nitrogens is 2. The lowest BCUT2D eigenvalue weighted by atomic mass is 9.86. The number of amides is 2. The molecule has 0 aromatic heterocycles. The number of hydrogen-bond acceptors (Lipinski definition) is 2. The van der Waals surface area contributed by atoms with Crippen molar-refractivity contribution in [3.05, 3.63) is 30.1 Å². The average Bonchev–Trinajstić information content (AvgIpc) is 2.69. The van der Waals surface area contributed by atoms with Gasteiger partial charge >= 0.3 is 0 Å². The fourth-order valence-electron chi connectivity index (χ4n) is 4.56. The van der Waals surface area contributed by atoms with E-state index in [1.165, 1.54) is 41.2 Å². The molecule has 0 unspecified atom stereocenters. The number of benzene rings is 1. The molecule has 29 heavy (non-hydrogen) atoms. The summed E-state index contributed by atoms with van der Waals surface area (Å²) in [5.74, 6) is 0.257. The van der Waals surface area contributed by atoms with Crippen LogP contribution in [-0.2, 0) is 9.59 Å². The van der Waals surface area contributed by atoms with Gasteiger partial charge in [0.05, 0.1) is 0 Å². The minimum absolute atomic E-state index is 0.0632. The molecule has 1 saturated heterocycles. The van der Waals surface area contributed by atoms with Crippen molar-refractivity contribution < 1.29 is 23.8 Å². The lowest BCUT2D eigenvalue weighted by Gasteiger charge is -2.34. The number of carbonyl (C=O) groups is 2. The summed E-state index contributed by atoms with van der Waals surface area (Å²) in [5.41, 5.74) is 0.487. The van der Waals surface area contributed by atoms with Gasteiger partial charge in [0.25, 0.3) is 11.8 Å². The van der Waals surface area contributed by atoms with Crippen LogP contribution in [-0.4, -0.2) is 56.6 Å². The van der Waals surface area contributed by atoms with Gasteiger partial charge in [-0.15, -0.1) is 0 Å². The first-order valence-electron chi connectivity index (χ1n) is 11.0. The third-order valence-corrected chi connectivity index (χ3v) is 6.56. The Morgan fingerprint density at radius 2 is 1.90 bits per heavy atom. The fraction of sp³-hybridized carbons (Fsp3) is 0.636. The third-order valence-electron chi connectivity index (χ3n) is 6.56. The van der Waals surface area contributed by atoms with Crippen LogP contribution >= 0.6 is 0 Å². The Balaban J connectivity index is 1.41. The summed E-state index contributed by atoms with van der Waals surface area (Å²) in [5, 5.41) is 6.04. The van der Waals surface area contributed by atoms with Gasteiger partial charge in [0.1, 0.15) is 32.0 Å². The van der Waals surface area contributed by atoms with Crippen molar-refractivity contribution in [3.8, 4) is 0 Å². The van der Waals surface area contributed by atoms with Gasteiger partial charge in [-0.05, 0) is 43.9 Å². The van der Waals surface area contributed by atoms with Crippen molar-refractivity contribution in [3.63, 3.8) is 0 Å². The van der Waals surface area contributed by atoms with Crippen LogP contribution in [0.3, 0.4) is 0 Å². The summed E-state index contributed by atoms with van der Waals surface area (Å²) in [6.07, 6.45) is 4.77. The molecule has 1 heterocycles. The maximum absolute atomic E-state index is 13.2. The van der Waals surface area contributed by atoms with E-state index in [9.17, 15) is 14.0 Å². The van der Waals surface area contributed by atoms with E-state index < -0.39 is 0 Å². The Bertz CT molecular complexity index is 706. The molecule has 4 N–H and O–H groups in total. The van der Waals surface area contributed by atoms with Crippen molar-refractivity contribution in [1.82, 2.24) is 5.32 Å². The van der Waals surface area contributed by atoms with E-state index in [1.807, 2.05) is 6.92 Å². The van der Waals surface area contributed by atoms with Gasteiger partial charge < -0.3 is 20.4 Å². The Morgan fingerprint density at radius 1 is 1.17 bits per heavy atom. The van der Waals surface area contributed by atoms with E-state index in [2.05, 4.69) is 17.6 Å². The number of piperazine rings is 1. The van der Waals surface area contributed by atoms with Crippen molar-refractivity contribution in [2.75, 3.05) is 38.0 Å². The lowest BCUT2D eigenvalue weighted by molar-refractivity contribution is -1.01. The minimum Gasteiger partial charge on any atom is -0.348 e. The second kappa shape index (κ2) is 10.2. The quantitative estimate of drug-likeness (QED) is 0.521. The summed E-state index contributed by atoms with van der Waals surface area (Å²) in [7, 11) is 0. The van der Waals surface area contributed by atoms with Gasteiger partial charge in [-0.1, -0.05) is 25.8 Å². The largest absolute Gasteiger partial charge is 0.348 e. The van der Waals surface area contributed by atoms with Crippen LogP contribution in [0.4, 0.5) is 10.1 Å². The van der Waals surface area contributed by atoms with Crippen LogP contribution in [0, 0.1) is 11.7 Å². The van der Waals surface area contributed by atoms with E-state index in [4.69, 9.17) is 0 Å². The molecule has 0 radical (unpaired) electrons. The first-order chi connectivity index (χ1) is 13.9. The van der Waals surface area contributed by atoms with Gasteiger partial charge in [-0.3, -0.25) is 9.59 Å². The molecule has 160 valence electrons. The van der Waals surface area contributed by atoms with E-state index in [0.29, 0.717) is 24.2 Å². The zero-order chi connectivity index (χ0) is 20.8. The average molecular weight is 407 g/mol. The SMILES string of the molecule is C[C@H](C(=O)N[C@@H]1CCCC[C@@H]1C)[NH+]1CC[NH+](CC(=O)Nc2cccc(F)c2)CC1. The van der Waals surface area contributed by atoms with Crippen molar-refractivity contribution >= 4 is 17.5 Å². The molecule has 3 rings (SSSR count). The van der Waals surface area contributed by atoms with E-state index >= 15 is 0 Å². The second-order valence-electron chi connectivity index (χ2n) is 8.74. The highest BCUT2D eigenvalue weighted by molar-refractivity contribution is 5.91. The van der Waals surface area contributed by atoms with Gasteiger partial charge in [0, 0.05) is 11.7 Å². The third kappa shape index (κ3) is 6.24. The van der Waals surface area contributed by atoms with Gasteiger partial charge in [0.2, 0.25) is 0 Å². The van der Waals surface area contributed by atoms with Crippen LogP contribution in [0.5, 0.6) is 0 Å². The van der Waals surface area contributed by atoms with Crippen LogP contribution < -0.4 is 20.4 Å². The number of nitrogens with one attached hydrogen (secondary N) is 4. The Kier molecular flexibility index (Phi) is 7.61. The highest BCUT2D eigenvalue weighted by Gasteiger charge is 2.33. The predicted octanol–water partition coefficient (Wildman–Crippen LogP) is -0.369. The molecule has 1 aliphatic heterocycles. The molecule has 2 fully saturated rings. The molecule has 0 spiro atoms. The van der Waals surface area contributed by atoms with Crippen LogP contribution in [0.1, 0.15) is 39.5 Å². The van der Waals surface area contributed by atoms with E-state index in [-0.39, 0.29) is 23.7 Å². The zero-order valence-corrected chi connectivity index (χ0v) is 17.6. The molecule has 1 aliphatic carbocycles. The maximum atomic E-state index is 13.2. The van der Waals surface area contributed by atoms with Crippen molar-refractivity contribution in [2.45, 2.75) is 51.6 Å². The van der Waals surface area contributed by atoms with Gasteiger partial charge in [-0.2, -0.15) is 0 Å². The highest BCUT2D eigenvalue weighted by atomic mass is 19.1. The molecule has 1 aromatic rings. The number of carbonyl (C=O) groups excluding carboxylic acids is 2. The maximum Gasteiger partial charge on any atom is 0.279 e. The molecule has 6 nitrogen and oxygen atoms in total. The minimum atomic E-state index is -0.359. The molecule has 0 bridgehead atoms. The molecule has 2 amide bonds. The normalized spacial score (nSPS) is 28.4. The number of hydrogen-bond donors (Lipinski definition) is 4. The topological polar surface area (TPSA) is 67.1 Å². The summed E-state index contributed by atoms with van der Waals surface area (Å²) in [6, 6.07) is 6.20. The molecule has 3 atom stereocenters. The summed E-state index contributed by atoms with van der Waals surface area (Å²) in [6.45, 7) is 8.06. The lowest BCUT2D eigenvalue weighted by Crippen LogP contribution is -3.30. The monoisotopic (exact) mass is 406 g/mol. The van der Waals surface area contributed by atoms with E-state index in [1.54, 1.807) is 12.1 Å². The molecule has 1 saturated carbocycles. The molecule has 1 aromatic carbocycles. The van der Waals surface area contributed by atoms with Crippen molar-refractivity contribution in [2.24, 2.45) is 5.92 Å². The highest BCUT2D eigenvalue weighted by Crippen LogP contribution is 2.23. The summed E-state index contributed by atoms with van der Waals surface area (Å²) in [4.78, 5) is 27.5. The number of anilines is 1. The smallest absolute Gasteiger partial charge is 0.279 e. The van der Waals surface area contributed by atoms with E-state index in [0.717, 1.165) is 32.6 Å². The van der Waals surface area contributed by atoms with Crippen molar-refractivity contribution in [1.29, 1.82) is 0 Å². The predicted molar refractivity (Wildman–Crippen MR) is 110 cm³/mol. The number of halogens is 1. The summed E-state index contributed by atoms with van der Waals surface area (Å²) >= 11 is 0. The standard InChI is InChI=1S/C22H33FN4O2/c1-16-6-3-4-9-20(16)25-22(29)17(2)27-12-10-26(11-13-27)15-21(28)24-19-8-5-7-18(23)14-19/h5,7-8,14,16-17,20H,3-4,6,9-13,15H2,1-2H3,(H,24,28)(H,25,29)/p+2/t16-,17+,20+/m0/s1. The molecule has 2 aliphatic rings. The number of rotatable bonds is 6. The Hall–Kier alpha value is -1.99. The van der Waals surface area contributed by atoms with Crippen LogP contribution in [0.2, 0.25) is 0 Å². The first kappa shape index (κ1) is 21.7. The molecular weight excluding hydrogens is 371 g/mol. The second-order valence-corrected chi connectivity index (χ2v) is 8.74. The zero-order valence-electron chi connectivity index (χ0n) is 17.6. The first-order valence-corrected chi connectivity index (χ1v) is 11.0. The summed E-state index contributed by atoms with van der Waals surface area (Å²) < 4.78 is 13.2. The molecular formula is C22H35FN4O2+2. The molecule has 7 heteroatoms. The van der Waals surface area contributed by atoms with Gasteiger partial charge in [-0.25, -0.2) is 4.39 Å². The van der Waals surface area contributed by atoms with Crippen LogP contribution in [0.25, 0.3) is 0 Å². The fourth-order valence-corrected chi connectivity index (χ4v) is 4.56. The Morgan fingerprint density at radius 3 is 2.59 bits per heavy atom. The van der Waals surface area contributed by atoms with Gasteiger partial charge in [0.15, 0.2) is 12.6 Å².